The molecule has 0 bridgehead atoms. The number of nitrogens with one attached hydrogen (secondary N) is 3. The van der Waals surface area contributed by atoms with Crippen LogP contribution in [0.25, 0.3) is 17.1 Å². The highest BCUT2D eigenvalue weighted by Gasteiger charge is 2.40. The average molecular weight is 898 g/mol. The van der Waals surface area contributed by atoms with Crippen LogP contribution in [0, 0.1) is 0 Å². The van der Waals surface area contributed by atoms with E-state index in [2.05, 4.69) is 26.1 Å². The monoisotopic (exact) mass is 897 g/mol. The normalized spacial score (nSPS) is 16.0. The summed E-state index contributed by atoms with van der Waals surface area (Å²) in [5.41, 5.74) is 3.96. The van der Waals surface area contributed by atoms with Crippen molar-refractivity contribution >= 4 is 47.2 Å². The van der Waals surface area contributed by atoms with Gasteiger partial charge in [-0.3, -0.25) is 44.0 Å². The van der Waals surface area contributed by atoms with Crippen molar-refractivity contribution in [3.8, 4) is 28.6 Å². The van der Waals surface area contributed by atoms with Gasteiger partial charge in [-0.15, -0.1) is 10.2 Å². The van der Waals surface area contributed by atoms with Crippen molar-refractivity contribution in [2.24, 2.45) is 0 Å². The third-order valence-corrected chi connectivity index (χ3v) is 11.8. The molecule has 1 atom stereocenters. The van der Waals surface area contributed by atoms with E-state index in [9.17, 15) is 43.8 Å². The van der Waals surface area contributed by atoms with Crippen LogP contribution in [-0.2, 0) is 27.5 Å². The molecule has 7 amide bonds. The molecule has 1 aromatic heterocycles. The topological polar surface area (TPSA) is 246 Å². The first-order valence-corrected chi connectivity index (χ1v) is 21.5. The van der Waals surface area contributed by atoms with Gasteiger partial charge in [-0.25, -0.2) is 4.79 Å². The minimum Gasteiger partial charge on any atom is -0.508 e. The second kappa shape index (κ2) is 18.6. The zero-order chi connectivity index (χ0) is 46.8. The second-order valence-corrected chi connectivity index (χ2v) is 16.4. The second-order valence-electron chi connectivity index (χ2n) is 16.4. The predicted octanol–water partition coefficient (Wildman–Crippen LogP) is 4.33. The number of hydrogen-bond acceptors (Lipinski definition) is 12. The third kappa shape index (κ3) is 8.86. The van der Waals surface area contributed by atoms with Crippen molar-refractivity contribution in [2.45, 2.75) is 58.7 Å². The first-order valence-electron chi connectivity index (χ1n) is 21.5. The number of piperidine rings is 1. The summed E-state index contributed by atoms with van der Waals surface area (Å²) in [4.78, 5) is 95.0. The van der Waals surface area contributed by atoms with Crippen molar-refractivity contribution in [3.63, 3.8) is 0 Å². The molecule has 3 aliphatic heterocycles. The number of anilines is 1. The number of piperazine rings is 1. The van der Waals surface area contributed by atoms with E-state index in [0.29, 0.717) is 64.4 Å². The van der Waals surface area contributed by atoms with Crippen LogP contribution < -0.4 is 16.0 Å². The van der Waals surface area contributed by atoms with Gasteiger partial charge in [0, 0.05) is 85.4 Å². The standard InChI is InChI=1S/C47H47N9O10/c1-4-48-43(61)41-52-51-40(33-22-32(26(2)3)37(57)23-38(33)58)56(41)30-14-12-29(13-15-30)45(63)54-20-18-53(19-21-54)44(62)28-10-8-27(9-11-28)25-66-47(65)49-35-7-5-6-31-34(35)24-55(46(31)64)36-16-17-39(59)50-42(36)60/h5-15,22-23,26,36,57-58H,4,16-21,24-25H2,1-3H3,(H,48,61)(H,49,65)(H,50,59,60). The number of ether oxygens (including phenoxy) is 1. The van der Waals surface area contributed by atoms with Gasteiger partial charge in [0.25, 0.3) is 23.6 Å². The fraction of sp³-hybridized carbons (Fsp3) is 0.298. The third-order valence-electron chi connectivity index (χ3n) is 11.8. The molecule has 19 heteroatoms. The van der Waals surface area contributed by atoms with Crippen molar-refractivity contribution in [1.82, 2.24) is 40.1 Å². The molecule has 4 aromatic carbocycles. The Morgan fingerprint density at radius 3 is 2.11 bits per heavy atom. The Morgan fingerprint density at radius 2 is 1.48 bits per heavy atom. The molecule has 0 saturated carbocycles. The molecule has 340 valence electrons. The summed E-state index contributed by atoms with van der Waals surface area (Å²) in [5.74, 6) is -2.51. The number of amides is 7. The van der Waals surface area contributed by atoms with E-state index in [4.69, 9.17) is 4.74 Å². The Balaban J connectivity index is 0.853. The lowest BCUT2D eigenvalue weighted by Gasteiger charge is -2.35. The summed E-state index contributed by atoms with van der Waals surface area (Å²) >= 11 is 0. The molecule has 5 N–H and O–H groups in total. The molecule has 0 radical (unpaired) electrons. The van der Waals surface area contributed by atoms with Crippen LogP contribution in [-0.4, -0.2) is 120 Å². The maximum Gasteiger partial charge on any atom is 0.411 e. The lowest BCUT2D eigenvalue weighted by Crippen LogP contribution is -2.52. The summed E-state index contributed by atoms with van der Waals surface area (Å²) in [7, 11) is 0. The first kappa shape index (κ1) is 44.5. The SMILES string of the molecule is CCNC(=O)c1nnc(-c2cc(C(C)C)c(O)cc2O)n1-c1ccc(C(=O)N2CCN(C(=O)c3ccc(COC(=O)Nc4cccc5c4CN(C4CCC(=O)NC4=O)C5=O)cc3)CC2)cc1. The van der Waals surface area contributed by atoms with Crippen molar-refractivity contribution < 1.29 is 48.5 Å². The lowest BCUT2D eigenvalue weighted by atomic mass is 9.98. The fourth-order valence-corrected chi connectivity index (χ4v) is 8.30. The molecule has 5 aromatic rings. The minimum atomic E-state index is -0.792. The molecule has 2 saturated heterocycles. The maximum absolute atomic E-state index is 13.7. The Hall–Kier alpha value is -8.09. The van der Waals surface area contributed by atoms with E-state index in [1.165, 1.54) is 15.5 Å². The largest absolute Gasteiger partial charge is 0.508 e. The number of imide groups is 1. The lowest BCUT2D eigenvalue weighted by molar-refractivity contribution is -0.136. The van der Waals surface area contributed by atoms with Gasteiger partial charge in [-0.05, 0) is 85.0 Å². The molecule has 2 fully saturated rings. The summed E-state index contributed by atoms with van der Waals surface area (Å²) in [5, 5.41) is 37.4. The van der Waals surface area contributed by atoms with Crippen LogP contribution in [0.1, 0.15) is 97.9 Å². The Morgan fingerprint density at radius 1 is 0.833 bits per heavy atom. The van der Waals surface area contributed by atoms with Gasteiger partial charge in [0.15, 0.2) is 5.82 Å². The number of carbonyl (C=O) groups is 7. The van der Waals surface area contributed by atoms with E-state index in [1.807, 2.05) is 13.8 Å². The molecule has 0 spiro atoms. The van der Waals surface area contributed by atoms with Gasteiger partial charge in [-0.1, -0.05) is 32.0 Å². The van der Waals surface area contributed by atoms with Crippen molar-refractivity contribution in [2.75, 3.05) is 38.0 Å². The van der Waals surface area contributed by atoms with Crippen LogP contribution in [0.4, 0.5) is 10.5 Å². The van der Waals surface area contributed by atoms with Crippen LogP contribution in [0.2, 0.25) is 0 Å². The van der Waals surface area contributed by atoms with Gasteiger partial charge in [-0.2, -0.15) is 0 Å². The number of rotatable bonds is 11. The number of nitrogens with zero attached hydrogens (tertiary/aromatic N) is 6. The van der Waals surface area contributed by atoms with Gasteiger partial charge in [0.05, 0.1) is 5.56 Å². The highest BCUT2D eigenvalue weighted by atomic mass is 16.5. The molecule has 19 nitrogen and oxygen atoms in total. The predicted molar refractivity (Wildman–Crippen MR) is 237 cm³/mol. The van der Waals surface area contributed by atoms with E-state index in [-0.39, 0.29) is 97.3 Å². The number of phenolic OH excluding ortho intramolecular Hbond substituents is 2. The van der Waals surface area contributed by atoms with Crippen LogP contribution in [0.15, 0.2) is 78.9 Å². The summed E-state index contributed by atoms with van der Waals surface area (Å²) in [6, 6.07) is 20.1. The van der Waals surface area contributed by atoms with Crippen LogP contribution in [0.3, 0.4) is 0 Å². The van der Waals surface area contributed by atoms with Crippen LogP contribution in [0.5, 0.6) is 11.5 Å². The number of aromatic hydroxyl groups is 2. The highest BCUT2D eigenvalue weighted by Crippen LogP contribution is 2.38. The molecular formula is C47H47N9O10. The summed E-state index contributed by atoms with van der Waals surface area (Å²) < 4.78 is 6.93. The summed E-state index contributed by atoms with van der Waals surface area (Å²) in [6.45, 7) is 7.04. The van der Waals surface area contributed by atoms with E-state index < -0.39 is 23.9 Å². The van der Waals surface area contributed by atoms with Crippen LogP contribution >= 0.6 is 0 Å². The van der Waals surface area contributed by atoms with Crippen molar-refractivity contribution in [1.29, 1.82) is 0 Å². The smallest absolute Gasteiger partial charge is 0.411 e. The number of benzene rings is 4. The molecule has 4 heterocycles. The Bertz CT molecular complexity index is 2760. The van der Waals surface area contributed by atoms with E-state index in [1.54, 1.807) is 89.5 Å². The quantitative estimate of drug-likeness (QED) is 0.116. The highest BCUT2D eigenvalue weighted by molar-refractivity contribution is 6.06. The van der Waals surface area contributed by atoms with Gasteiger partial charge in [0.1, 0.15) is 24.1 Å². The molecule has 8 rings (SSSR count). The van der Waals surface area contributed by atoms with Crippen molar-refractivity contribution in [3.05, 3.63) is 118 Å². The Kier molecular flexibility index (Phi) is 12.5. The zero-order valence-corrected chi connectivity index (χ0v) is 36.4. The number of phenols is 2. The number of carbonyl (C=O) groups excluding carboxylic acids is 7. The number of hydrogen-bond donors (Lipinski definition) is 5. The van der Waals surface area contributed by atoms with E-state index in [0.717, 1.165) is 0 Å². The Labute approximate surface area is 378 Å². The zero-order valence-electron chi connectivity index (χ0n) is 36.4. The molecule has 0 aliphatic carbocycles. The fourth-order valence-electron chi connectivity index (χ4n) is 8.30. The molecule has 66 heavy (non-hydrogen) atoms. The average Bonchev–Trinajstić information content (AvgIpc) is 3.90. The van der Waals surface area contributed by atoms with Gasteiger partial charge < -0.3 is 35.0 Å². The molecule has 3 aliphatic rings. The van der Waals surface area contributed by atoms with Gasteiger partial charge >= 0.3 is 6.09 Å². The minimum absolute atomic E-state index is 0.0356. The van der Waals surface area contributed by atoms with Gasteiger partial charge in [0.2, 0.25) is 17.6 Å². The molecular weight excluding hydrogens is 851 g/mol. The number of fused-ring (bicyclic) bond motifs is 1. The summed E-state index contributed by atoms with van der Waals surface area (Å²) in [6.07, 6.45) is -0.423. The van der Waals surface area contributed by atoms with E-state index >= 15 is 0 Å². The number of aromatic nitrogens is 3. The maximum atomic E-state index is 13.7. The first-order chi connectivity index (χ1) is 31.7. The molecule has 1 unspecified atom stereocenters.